The minimum absolute atomic E-state index is 0.0605. The lowest BCUT2D eigenvalue weighted by molar-refractivity contribution is 0.0247. The summed E-state index contributed by atoms with van der Waals surface area (Å²) in [6, 6.07) is 1.19. The first kappa shape index (κ1) is 13.3. The van der Waals surface area contributed by atoms with Gasteiger partial charge in [-0.25, -0.2) is 0 Å². The molecule has 0 aromatic heterocycles. The van der Waals surface area contributed by atoms with E-state index in [0.29, 0.717) is 6.04 Å². The molecular formula is C14H28N2O. The predicted molar refractivity (Wildman–Crippen MR) is 71.2 cm³/mol. The minimum atomic E-state index is -0.0605. The van der Waals surface area contributed by atoms with E-state index >= 15 is 0 Å². The van der Waals surface area contributed by atoms with Crippen LogP contribution in [0.25, 0.3) is 0 Å². The maximum Gasteiger partial charge on any atom is 0.0695 e. The maximum absolute atomic E-state index is 9.95. The Hall–Kier alpha value is -0.120. The molecule has 1 heterocycles. The van der Waals surface area contributed by atoms with Crippen molar-refractivity contribution < 1.29 is 5.11 Å². The molecule has 100 valence electrons. The molecular weight excluding hydrogens is 212 g/mol. The number of hydrogen-bond donors (Lipinski definition) is 1. The highest BCUT2D eigenvalue weighted by Gasteiger charge is 2.32. The lowest BCUT2D eigenvalue weighted by Crippen LogP contribution is -2.54. The second-order valence-electron chi connectivity index (χ2n) is 5.78. The van der Waals surface area contributed by atoms with Crippen LogP contribution in [0.15, 0.2) is 0 Å². The summed E-state index contributed by atoms with van der Waals surface area (Å²) in [5.74, 6) is 0. The smallest absolute Gasteiger partial charge is 0.0695 e. The summed E-state index contributed by atoms with van der Waals surface area (Å²) < 4.78 is 0. The van der Waals surface area contributed by atoms with Gasteiger partial charge in [-0.05, 0) is 32.6 Å². The predicted octanol–water partition coefficient (Wildman–Crippen LogP) is 1.71. The third-order valence-electron chi connectivity index (χ3n) is 4.59. The standard InChI is InChI=1S/C14H28N2O/c1-3-5-12(2)15-8-10-16(11-9-15)13-6-4-7-14(13)17/h12-14,17H,3-11H2,1-2H3. The van der Waals surface area contributed by atoms with Gasteiger partial charge in [-0.3, -0.25) is 9.80 Å². The summed E-state index contributed by atoms with van der Waals surface area (Å²) in [6.07, 6.45) is 5.95. The van der Waals surface area contributed by atoms with Crippen LogP contribution in [0.5, 0.6) is 0 Å². The third-order valence-corrected chi connectivity index (χ3v) is 4.59. The summed E-state index contributed by atoms with van der Waals surface area (Å²) in [5.41, 5.74) is 0. The Morgan fingerprint density at radius 2 is 1.88 bits per heavy atom. The van der Waals surface area contributed by atoms with Gasteiger partial charge in [0.25, 0.3) is 0 Å². The average molecular weight is 240 g/mol. The van der Waals surface area contributed by atoms with E-state index in [0.717, 1.165) is 25.6 Å². The molecule has 3 unspecified atom stereocenters. The van der Waals surface area contributed by atoms with Crippen LogP contribution in [0, 0.1) is 0 Å². The van der Waals surface area contributed by atoms with Crippen molar-refractivity contribution in [1.29, 1.82) is 0 Å². The van der Waals surface area contributed by atoms with Gasteiger partial charge in [0.2, 0.25) is 0 Å². The molecule has 2 aliphatic rings. The molecule has 0 radical (unpaired) electrons. The molecule has 3 atom stereocenters. The molecule has 3 nitrogen and oxygen atoms in total. The van der Waals surface area contributed by atoms with Gasteiger partial charge in [-0.2, -0.15) is 0 Å². The van der Waals surface area contributed by atoms with Crippen molar-refractivity contribution in [2.45, 2.75) is 64.1 Å². The van der Waals surface area contributed by atoms with Crippen LogP contribution in [0.4, 0.5) is 0 Å². The Bertz CT molecular complexity index is 226. The Morgan fingerprint density at radius 3 is 2.41 bits per heavy atom. The number of hydrogen-bond acceptors (Lipinski definition) is 3. The summed E-state index contributed by atoms with van der Waals surface area (Å²) in [4.78, 5) is 5.13. The minimum Gasteiger partial charge on any atom is -0.391 e. The highest BCUT2D eigenvalue weighted by Crippen LogP contribution is 2.25. The summed E-state index contributed by atoms with van der Waals surface area (Å²) in [7, 11) is 0. The quantitative estimate of drug-likeness (QED) is 0.810. The summed E-state index contributed by atoms with van der Waals surface area (Å²) in [6.45, 7) is 9.28. The molecule has 1 saturated heterocycles. The number of aliphatic hydroxyl groups excluding tert-OH is 1. The van der Waals surface area contributed by atoms with E-state index in [1.807, 2.05) is 0 Å². The number of piperazine rings is 1. The molecule has 2 fully saturated rings. The summed E-state index contributed by atoms with van der Waals surface area (Å²) >= 11 is 0. The zero-order valence-electron chi connectivity index (χ0n) is 11.4. The van der Waals surface area contributed by atoms with E-state index in [-0.39, 0.29) is 6.10 Å². The van der Waals surface area contributed by atoms with Gasteiger partial charge in [0.15, 0.2) is 0 Å². The van der Waals surface area contributed by atoms with Gasteiger partial charge >= 0.3 is 0 Å². The van der Waals surface area contributed by atoms with Crippen molar-refractivity contribution in [2.24, 2.45) is 0 Å². The van der Waals surface area contributed by atoms with Crippen molar-refractivity contribution in [1.82, 2.24) is 9.80 Å². The highest BCUT2D eigenvalue weighted by molar-refractivity contribution is 4.88. The van der Waals surface area contributed by atoms with Crippen molar-refractivity contribution in [3.8, 4) is 0 Å². The Kier molecular flexibility index (Phi) is 4.83. The van der Waals surface area contributed by atoms with E-state index in [9.17, 15) is 5.11 Å². The highest BCUT2D eigenvalue weighted by atomic mass is 16.3. The largest absolute Gasteiger partial charge is 0.391 e. The van der Waals surface area contributed by atoms with Crippen LogP contribution < -0.4 is 0 Å². The fourth-order valence-corrected chi connectivity index (χ4v) is 3.46. The monoisotopic (exact) mass is 240 g/mol. The molecule has 17 heavy (non-hydrogen) atoms. The van der Waals surface area contributed by atoms with Crippen molar-refractivity contribution in [3.63, 3.8) is 0 Å². The van der Waals surface area contributed by atoms with Crippen LogP contribution in [0.1, 0.15) is 46.0 Å². The Labute approximate surface area is 106 Å². The van der Waals surface area contributed by atoms with Gasteiger partial charge in [0, 0.05) is 38.3 Å². The van der Waals surface area contributed by atoms with Crippen molar-refractivity contribution in [2.75, 3.05) is 26.2 Å². The van der Waals surface area contributed by atoms with E-state index in [1.54, 1.807) is 0 Å². The first-order chi connectivity index (χ1) is 8.22. The molecule has 0 aromatic carbocycles. The van der Waals surface area contributed by atoms with Gasteiger partial charge in [-0.15, -0.1) is 0 Å². The Balaban J connectivity index is 1.77. The number of aliphatic hydroxyl groups is 1. The molecule has 0 spiro atoms. The molecule has 1 N–H and O–H groups in total. The van der Waals surface area contributed by atoms with Gasteiger partial charge in [0.05, 0.1) is 6.10 Å². The van der Waals surface area contributed by atoms with E-state index < -0.39 is 0 Å². The first-order valence-electron chi connectivity index (χ1n) is 7.38. The molecule has 1 aliphatic carbocycles. The van der Waals surface area contributed by atoms with E-state index in [1.165, 1.54) is 38.8 Å². The van der Waals surface area contributed by atoms with Gasteiger partial charge in [0.1, 0.15) is 0 Å². The molecule has 0 aromatic rings. The molecule has 2 rings (SSSR count). The van der Waals surface area contributed by atoms with Crippen molar-refractivity contribution in [3.05, 3.63) is 0 Å². The zero-order valence-corrected chi connectivity index (χ0v) is 11.4. The molecule has 1 aliphatic heterocycles. The van der Waals surface area contributed by atoms with Crippen molar-refractivity contribution >= 4 is 0 Å². The number of nitrogens with zero attached hydrogens (tertiary/aromatic N) is 2. The average Bonchev–Trinajstić information content (AvgIpc) is 2.76. The summed E-state index contributed by atoms with van der Waals surface area (Å²) in [5, 5.41) is 9.95. The van der Waals surface area contributed by atoms with E-state index in [2.05, 4.69) is 23.6 Å². The first-order valence-corrected chi connectivity index (χ1v) is 7.38. The van der Waals surface area contributed by atoms with E-state index in [4.69, 9.17) is 0 Å². The normalized spacial score (nSPS) is 34.1. The Morgan fingerprint density at radius 1 is 1.18 bits per heavy atom. The maximum atomic E-state index is 9.95. The zero-order chi connectivity index (χ0) is 12.3. The molecule has 0 bridgehead atoms. The third kappa shape index (κ3) is 3.21. The lowest BCUT2D eigenvalue weighted by atomic mass is 10.1. The lowest BCUT2D eigenvalue weighted by Gasteiger charge is -2.41. The van der Waals surface area contributed by atoms with Crippen LogP contribution in [-0.4, -0.2) is 59.3 Å². The van der Waals surface area contributed by atoms with Gasteiger partial charge < -0.3 is 5.11 Å². The second-order valence-corrected chi connectivity index (χ2v) is 5.78. The number of rotatable bonds is 4. The topological polar surface area (TPSA) is 26.7 Å². The van der Waals surface area contributed by atoms with Crippen LogP contribution >= 0.6 is 0 Å². The molecule has 3 heteroatoms. The fraction of sp³-hybridized carbons (Fsp3) is 1.00. The molecule has 1 saturated carbocycles. The van der Waals surface area contributed by atoms with Crippen LogP contribution in [-0.2, 0) is 0 Å². The fourth-order valence-electron chi connectivity index (χ4n) is 3.46. The second kappa shape index (κ2) is 6.17. The van der Waals surface area contributed by atoms with Crippen LogP contribution in [0.2, 0.25) is 0 Å². The molecule has 0 amide bonds. The van der Waals surface area contributed by atoms with Gasteiger partial charge in [-0.1, -0.05) is 13.3 Å². The van der Waals surface area contributed by atoms with Crippen LogP contribution in [0.3, 0.4) is 0 Å². The SMILES string of the molecule is CCCC(C)N1CCN(C2CCCC2O)CC1.